The molecular formula is C21H19N3O3. The van der Waals surface area contributed by atoms with Crippen LogP contribution >= 0.6 is 0 Å². The summed E-state index contributed by atoms with van der Waals surface area (Å²) in [5.74, 6) is -0.729. The number of carbonyl (C=O) groups excluding carboxylic acids is 2. The van der Waals surface area contributed by atoms with Gasteiger partial charge in [0.05, 0.1) is 11.9 Å². The minimum atomic E-state index is -0.798. The van der Waals surface area contributed by atoms with E-state index in [1.165, 1.54) is 0 Å². The van der Waals surface area contributed by atoms with Crippen molar-refractivity contribution in [1.29, 1.82) is 0 Å². The molecule has 3 aromatic rings. The predicted molar refractivity (Wildman–Crippen MR) is 99.0 cm³/mol. The van der Waals surface area contributed by atoms with Crippen LogP contribution in [0.2, 0.25) is 0 Å². The maximum Gasteiger partial charge on any atom is 0.339 e. The topological polar surface area (TPSA) is 73.2 Å². The second kappa shape index (κ2) is 7.45. The molecule has 0 unspecified atom stereocenters. The molecular weight excluding hydrogens is 342 g/mol. The van der Waals surface area contributed by atoms with Gasteiger partial charge in [0, 0.05) is 31.9 Å². The molecule has 0 spiro atoms. The van der Waals surface area contributed by atoms with Crippen LogP contribution in [0.3, 0.4) is 0 Å². The molecule has 136 valence electrons. The van der Waals surface area contributed by atoms with E-state index in [-0.39, 0.29) is 5.91 Å². The quantitative estimate of drug-likeness (QED) is 0.708. The first-order valence-electron chi connectivity index (χ1n) is 8.80. The van der Waals surface area contributed by atoms with Gasteiger partial charge in [-0.3, -0.25) is 4.79 Å². The number of fused-ring (bicyclic) bond motifs is 1. The number of ether oxygens (including phenoxy) is 1. The SMILES string of the molecule is O=C1O[C@H](C(=O)NCc2ccccc2Cn2ccnc2)Cc2ccccc21. The summed E-state index contributed by atoms with van der Waals surface area (Å²) in [7, 11) is 0. The summed E-state index contributed by atoms with van der Waals surface area (Å²) in [5, 5.41) is 2.90. The normalized spacial score (nSPS) is 15.7. The van der Waals surface area contributed by atoms with Crippen molar-refractivity contribution in [2.75, 3.05) is 0 Å². The van der Waals surface area contributed by atoms with Gasteiger partial charge in [-0.1, -0.05) is 42.5 Å². The number of esters is 1. The molecule has 2 aromatic carbocycles. The number of carbonyl (C=O) groups is 2. The van der Waals surface area contributed by atoms with Gasteiger partial charge in [0.1, 0.15) is 0 Å². The summed E-state index contributed by atoms with van der Waals surface area (Å²) < 4.78 is 7.29. The number of imidazole rings is 1. The van der Waals surface area contributed by atoms with Gasteiger partial charge in [-0.2, -0.15) is 0 Å². The number of nitrogens with zero attached hydrogens (tertiary/aromatic N) is 2. The molecule has 1 N–H and O–H groups in total. The van der Waals surface area contributed by atoms with Crippen molar-refractivity contribution in [2.45, 2.75) is 25.6 Å². The fourth-order valence-corrected chi connectivity index (χ4v) is 3.24. The third-order valence-corrected chi connectivity index (χ3v) is 4.67. The molecule has 0 fully saturated rings. The second-order valence-corrected chi connectivity index (χ2v) is 6.48. The van der Waals surface area contributed by atoms with Gasteiger partial charge >= 0.3 is 5.97 Å². The van der Waals surface area contributed by atoms with Crippen molar-refractivity contribution in [3.05, 3.63) is 89.5 Å². The Balaban J connectivity index is 1.42. The lowest BCUT2D eigenvalue weighted by atomic mass is 9.98. The minimum Gasteiger partial charge on any atom is -0.448 e. The van der Waals surface area contributed by atoms with Crippen LogP contribution in [-0.2, 0) is 29.0 Å². The van der Waals surface area contributed by atoms with Gasteiger partial charge in [0.25, 0.3) is 5.91 Å². The van der Waals surface area contributed by atoms with Crippen LogP contribution in [0.4, 0.5) is 0 Å². The van der Waals surface area contributed by atoms with Crippen molar-refractivity contribution in [3.63, 3.8) is 0 Å². The molecule has 1 aliphatic rings. The third kappa shape index (κ3) is 3.74. The van der Waals surface area contributed by atoms with Crippen LogP contribution in [0.1, 0.15) is 27.0 Å². The van der Waals surface area contributed by atoms with Crippen LogP contribution in [-0.4, -0.2) is 27.5 Å². The maximum atomic E-state index is 12.6. The number of nitrogens with one attached hydrogen (secondary N) is 1. The van der Waals surface area contributed by atoms with Crippen LogP contribution in [0.15, 0.2) is 67.3 Å². The van der Waals surface area contributed by atoms with Gasteiger partial charge in [-0.15, -0.1) is 0 Å². The van der Waals surface area contributed by atoms with E-state index in [1.54, 1.807) is 24.7 Å². The Morgan fingerprint density at radius 3 is 2.74 bits per heavy atom. The molecule has 27 heavy (non-hydrogen) atoms. The van der Waals surface area contributed by atoms with Crippen LogP contribution in [0, 0.1) is 0 Å². The van der Waals surface area contributed by atoms with Crippen molar-refractivity contribution < 1.29 is 14.3 Å². The van der Waals surface area contributed by atoms with Gasteiger partial charge < -0.3 is 14.6 Å². The zero-order chi connectivity index (χ0) is 18.6. The molecule has 6 nitrogen and oxygen atoms in total. The van der Waals surface area contributed by atoms with Gasteiger partial charge in [-0.05, 0) is 22.8 Å². The molecule has 0 radical (unpaired) electrons. The molecule has 1 amide bonds. The first-order valence-corrected chi connectivity index (χ1v) is 8.80. The predicted octanol–water partition coefficient (Wildman–Crippen LogP) is 2.33. The molecule has 4 rings (SSSR count). The van der Waals surface area contributed by atoms with Gasteiger partial charge in [0.2, 0.25) is 0 Å². The van der Waals surface area contributed by atoms with Crippen LogP contribution < -0.4 is 5.32 Å². The summed E-state index contributed by atoms with van der Waals surface area (Å²) in [4.78, 5) is 28.7. The molecule has 6 heteroatoms. The molecule has 0 saturated heterocycles. The average molecular weight is 361 g/mol. The molecule has 1 aromatic heterocycles. The number of amides is 1. The highest BCUT2D eigenvalue weighted by Crippen LogP contribution is 2.20. The van der Waals surface area contributed by atoms with E-state index >= 15 is 0 Å². The van der Waals surface area contributed by atoms with Gasteiger partial charge in [-0.25, -0.2) is 9.78 Å². The van der Waals surface area contributed by atoms with E-state index in [0.29, 0.717) is 25.1 Å². The summed E-state index contributed by atoms with van der Waals surface area (Å²) in [6, 6.07) is 15.1. The Bertz CT molecular complexity index is 966. The number of aromatic nitrogens is 2. The first kappa shape index (κ1) is 17.0. The minimum absolute atomic E-state index is 0.282. The van der Waals surface area contributed by atoms with E-state index in [2.05, 4.69) is 10.3 Å². The standard InChI is InChI=1S/C21H19N3O3/c25-20(19-11-15-5-3-4-8-18(15)21(26)27-19)23-12-16-6-1-2-7-17(16)13-24-10-9-22-14-24/h1-10,14,19H,11-13H2,(H,23,25)/t19-/m0/s1. The molecule has 0 aliphatic carbocycles. The third-order valence-electron chi connectivity index (χ3n) is 4.67. The first-order chi connectivity index (χ1) is 13.2. The average Bonchev–Trinajstić information content (AvgIpc) is 3.20. The van der Waals surface area contributed by atoms with E-state index in [4.69, 9.17) is 4.74 Å². The summed E-state index contributed by atoms with van der Waals surface area (Å²) >= 11 is 0. The zero-order valence-corrected chi connectivity index (χ0v) is 14.7. The fraction of sp³-hybridized carbons (Fsp3) is 0.190. The number of benzene rings is 2. The number of hydrogen-bond acceptors (Lipinski definition) is 4. The Morgan fingerprint density at radius 1 is 1.15 bits per heavy atom. The van der Waals surface area contributed by atoms with Crippen LogP contribution in [0.5, 0.6) is 0 Å². The lowest BCUT2D eigenvalue weighted by Gasteiger charge is -2.24. The Morgan fingerprint density at radius 2 is 1.93 bits per heavy atom. The highest BCUT2D eigenvalue weighted by atomic mass is 16.5. The van der Waals surface area contributed by atoms with E-state index in [1.807, 2.05) is 47.2 Å². The molecule has 0 bridgehead atoms. The van der Waals surface area contributed by atoms with Crippen molar-refractivity contribution in [1.82, 2.24) is 14.9 Å². The van der Waals surface area contributed by atoms with Gasteiger partial charge in [0.15, 0.2) is 6.10 Å². The Kier molecular flexibility index (Phi) is 4.70. The summed E-state index contributed by atoms with van der Waals surface area (Å²) in [5.41, 5.74) is 3.49. The number of hydrogen-bond donors (Lipinski definition) is 1. The van der Waals surface area contributed by atoms with Crippen molar-refractivity contribution in [3.8, 4) is 0 Å². The highest BCUT2D eigenvalue weighted by Gasteiger charge is 2.30. The van der Waals surface area contributed by atoms with E-state index in [0.717, 1.165) is 16.7 Å². The molecule has 1 aliphatic heterocycles. The van der Waals surface area contributed by atoms with E-state index in [9.17, 15) is 9.59 Å². The lowest BCUT2D eigenvalue weighted by Crippen LogP contribution is -2.41. The fourth-order valence-electron chi connectivity index (χ4n) is 3.24. The molecule has 1 atom stereocenters. The van der Waals surface area contributed by atoms with Crippen molar-refractivity contribution >= 4 is 11.9 Å². The summed E-state index contributed by atoms with van der Waals surface area (Å²) in [6.07, 6.45) is 4.99. The van der Waals surface area contributed by atoms with Crippen molar-refractivity contribution in [2.24, 2.45) is 0 Å². The smallest absolute Gasteiger partial charge is 0.339 e. The number of cyclic esters (lactones) is 1. The van der Waals surface area contributed by atoms with Crippen LogP contribution in [0.25, 0.3) is 0 Å². The summed E-state index contributed by atoms with van der Waals surface area (Å²) in [6.45, 7) is 1.05. The largest absolute Gasteiger partial charge is 0.448 e. The van der Waals surface area contributed by atoms with E-state index < -0.39 is 12.1 Å². The Hall–Kier alpha value is -3.41. The zero-order valence-electron chi connectivity index (χ0n) is 14.7. The highest BCUT2D eigenvalue weighted by molar-refractivity contribution is 5.95. The number of rotatable bonds is 5. The maximum absolute atomic E-state index is 12.6. The second-order valence-electron chi connectivity index (χ2n) is 6.48. The lowest BCUT2D eigenvalue weighted by molar-refractivity contribution is -0.130. The molecule has 0 saturated carbocycles. The monoisotopic (exact) mass is 361 g/mol. The molecule has 2 heterocycles. The Labute approximate surface area is 156 Å².